The van der Waals surface area contributed by atoms with Crippen molar-refractivity contribution in [2.75, 3.05) is 18.9 Å². The SMILES string of the molecule is CCCNc1cc(CN(C)Cc2ccc(F)cc2)ccn1. The third-order valence-corrected chi connectivity index (χ3v) is 3.20. The lowest BCUT2D eigenvalue weighted by molar-refractivity contribution is 0.319. The number of hydrogen-bond acceptors (Lipinski definition) is 3. The number of pyridine rings is 1. The highest BCUT2D eigenvalue weighted by Crippen LogP contribution is 2.11. The number of benzene rings is 1. The molecule has 0 radical (unpaired) electrons. The quantitative estimate of drug-likeness (QED) is 0.842. The van der Waals surface area contributed by atoms with E-state index >= 15 is 0 Å². The first kappa shape index (κ1) is 15.4. The zero-order valence-electron chi connectivity index (χ0n) is 12.6. The molecular formula is C17H22FN3. The third kappa shape index (κ3) is 5.16. The average Bonchev–Trinajstić information content (AvgIpc) is 2.48. The van der Waals surface area contributed by atoms with Crippen molar-refractivity contribution in [3.8, 4) is 0 Å². The second-order valence-electron chi connectivity index (χ2n) is 5.27. The van der Waals surface area contributed by atoms with Gasteiger partial charge in [0.05, 0.1) is 0 Å². The van der Waals surface area contributed by atoms with Crippen molar-refractivity contribution in [3.63, 3.8) is 0 Å². The Labute approximate surface area is 125 Å². The molecule has 0 bridgehead atoms. The summed E-state index contributed by atoms with van der Waals surface area (Å²) >= 11 is 0. The van der Waals surface area contributed by atoms with Gasteiger partial charge in [0.1, 0.15) is 11.6 Å². The zero-order chi connectivity index (χ0) is 15.1. The van der Waals surface area contributed by atoms with Crippen molar-refractivity contribution in [3.05, 3.63) is 59.5 Å². The molecule has 3 nitrogen and oxygen atoms in total. The van der Waals surface area contributed by atoms with Gasteiger partial charge in [-0.25, -0.2) is 9.37 Å². The van der Waals surface area contributed by atoms with Crippen LogP contribution in [-0.4, -0.2) is 23.5 Å². The van der Waals surface area contributed by atoms with Crippen LogP contribution in [0, 0.1) is 5.82 Å². The standard InChI is InChI=1S/C17H22FN3/c1-3-9-19-17-11-15(8-10-20-17)13-21(2)12-14-4-6-16(18)7-5-14/h4-8,10-11H,3,9,12-13H2,1-2H3,(H,19,20). The Morgan fingerprint density at radius 2 is 1.81 bits per heavy atom. The van der Waals surface area contributed by atoms with Crippen molar-refractivity contribution in [1.29, 1.82) is 0 Å². The third-order valence-electron chi connectivity index (χ3n) is 3.20. The monoisotopic (exact) mass is 287 g/mol. The number of nitrogens with zero attached hydrogens (tertiary/aromatic N) is 2. The maximum Gasteiger partial charge on any atom is 0.126 e. The summed E-state index contributed by atoms with van der Waals surface area (Å²) in [6.07, 6.45) is 2.91. The zero-order valence-corrected chi connectivity index (χ0v) is 12.6. The van der Waals surface area contributed by atoms with Gasteiger partial charge >= 0.3 is 0 Å². The Kier molecular flexibility index (Phi) is 5.69. The topological polar surface area (TPSA) is 28.2 Å². The van der Waals surface area contributed by atoms with Gasteiger partial charge in [0.25, 0.3) is 0 Å². The molecular weight excluding hydrogens is 265 g/mol. The van der Waals surface area contributed by atoms with E-state index in [9.17, 15) is 4.39 Å². The molecule has 2 aromatic rings. The van der Waals surface area contributed by atoms with E-state index in [0.717, 1.165) is 37.4 Å². The van der Waals surface area contributed by atoms with Crippen LogP contribution in [0.4, 0.5) is 10.2 Å². The van der Waals surface area contributed by atoms with Crippen molar-refractivity contribution < 1.29 is 4.39 Å². The molecule has 0 amide bonds. The van der Waals surface area contributed by atoms with Gasteiger partial charge in [0.2, 0.25) is 0 Å². The molecule has 112 valence electrons. The Morgan fingerprint density at radius 1 is 1.10 bits per heavy atom. The minimum atomic E-state index is -0.192. The van der Waals surface area contributed by atoms with Gasteiger partial charge in [-0.3, -0.25) is 4.90 Å². The largest absolute Gasteiger partial charge is 0.370 e. The lowest BCUT2D eigenvalue weighted by atomic mass is 10.2. The molecule has 0 aliphatic heterocycles. The summed E-state index contributed by atoms with van der Waals surface area (Å²) in [5, 5.41) is 3.29. The molecule has 2 rings (SSSR count). The van der Waals surface area contributed by atoms with E-state index in [-0.39, 0.29) is 5.82 Å². The van der Waals surface area contributed by atoms with Gasteiger partial charge in [-0.2, -0.15) is 0 Å². The Bertz CT molecular complexity index is 554. The first-order valence-electron chi connectivity index (χ1n) is 7.29. The molecule has 0 unspecified atom stereocenters. The predicted molar refractivity (Wildman–Crippen MR) is 84.6 cm³/mol. The Morgan fingerprint density at radius 3 is 2.52 bits per heavy atom. The second-order valence-corrected chi connectivity index (χ2v) is 5.27. The molecule has 0 aliphatic rings. The second kappa shape index (κ2) is 7.74. The van der Waals surface area contributed by atoms with Crippen molar-refractivity contribution >= 4 is 5.82 Å². The first-order chi connectivity index (χ1) is 10.2. The Balaban J connectivity index is 1.92. The summed E-state index contributed by atoms with van der Waals surface area (Å²) < 4.78 is 12.9. The van der Waals surface area contributed by atoms with E-state index in [1.54, 1.807) is 0 Å². The van der Waals surface area contributed by atoms with Crippen LogP contribution in [0.2, 0.25) is 0 Å². The van der Waals surface area contributed by atoms with Gasteiger partial charge in [0, 0.05) is 25.8 Å². The fourth-order valence-corrected chi connectivity index (χ4v) is 2.19. The van der Waals surface area contributed by atoms with Gasteiger partial charge < -0.3 is 5.32 Å². The van der Waals surface area contributed by atoms with Crippen LogP contribution in [-0.2, 0) is 13.1 Å². The number of hydrogen-bond donors (Lipinski definition) is 1. The van der Waals surface area contributed by atoms with Crippen molar-refractivity contribution in [2.45, 2.75) is 26.4 Å². The fraction of sp³-hybridized carbons (Fsp3) is 0.353. The van der Waals surface area contributed by atoms with Crippen LogP contribution >= 0.6 is 0 Å². The molecule has 0 saturated heterocycles. The molecule has 0 fully saturated rings. The van der Waals surface area contributed by atoms with Gasteiger partial charge in [0.15, 0.2) is 0 Å². The lowest BCUT2D eigenvalue weighted by Crippen LogP contribution is -2.17. The number of halogens is 1. The minimum absolute atomic E-state index is 0.192. The molecule has 1 aromatic heterocycles. The average molecular weight is 287 g/mol. The van der Waals surface area contributed by atoms with Crippen LogP contribution in [0.15, 0.2) is 42.6 Å². The molecule has 0 saturated carbocycles. The van der Waals surface area contributed by atoms with Crippen LogP contribution in [0.3, 0.4) is 0 Å². The van der Waals surface area contributed by atoms with E-state index in [1.807, 2.05) is 24.4 Å². The number of aromatic nitrogens is 1. The van der Waals surface area contributed by atoms with Crippen molar-refractivity contribution in [1.82, 2.24) is 9.88 Å². The summed E-state index contributed by atoms with van der Waals surface area (Å²) in [6, 6.07) is 10.8. The minimum Gasteiger partial charge on any atom is -0.370 e. The van der Waals surface area contributed by atoms with Crippen LogP contribution in [0.25, 0.3) is 0 Å². The number of anilines is 1. The molecule has 1 heterocycles. The van der Waals surface area contributed by atoms with Gasteiger partial charge in [-0.05, 0) is 48.9 Å². The summed E-state index contributed by atoms with van der Waals surface area (Å²) in [7, 11) is 2.06. The number of nitrogens with one attached hydrogen (secondary N) is 1. The van der Waals surface area contributed by atoms with E-state index < -0.39 is 0 Å². The first-order valence-corrected chi connectivity index (χ1v) is 7.29. The molecule has 0 spiro atoms. The van der Waals surface area contributed by atoms with E-state index in [4.69, 9.17) is 0 Å². The fourth-order valence-electron chi connectivity index (χ4n) is 2.19. The highest BCUT2D eigenvalue weighted by molar-refractivity contribution is 5.37. The van der Waals surface area contributed by atoms with E-state index in [1.165, 1.54) is 17.7 Å². The maximum atomic E-state index is 12.9. The van der Waals surface area contributed by atoms with Crippen molar-refractivity contribution in [2.24, 2.45) is 0 Å². The number of rotatable bonds is 7. The molecule has 4 heteroatoms. The summed E-state index contributed by atoms with van der Waals surface area (Å²) in [4.78, 5) is 6.51. The smallest absolute Gasteiger partial charge is 0.126 e. The van der Waals surface area contributed by atoms with Gasteiger partial charge in [-0.1, -0.05) is 19.1 Å². The molecule has 21 heavy (non-hydrogen) atoms. The van der Waals surface area contributed by atoms with E-state index in [2.05, 4.69) is 35.2 Å². The normalized spacial score (nSPS) is 10.9. The molecule has 0 aliphatic carbocycles. The maximum absolute atomic E-state index is 12.9. The summed E-state index contributed by atoms with van der Waals surface area (Å²) in [5.41, 5.74) is 2.32. The molecule has 1 N–H and O–H groups in total. The molecule has 1 aromatic carbocycles. The predicted octanol–water partition coefficient (Wildman–Crippen LogP) is 3.67. The van der Waals surface area contributed by atoms with Gasteiger partial charge in [-0.15, -0.1) is 0 Å². The highest BCUT2D eigenvalue weighted by Gasteiger charge is 2.03. The highest BCUT2D eigenvalue weighted by atomic mass is 19.1. The summed E-state index contributed by atoms with van der Waals surface area (Å²) in [5.74, 6) is 0.728. The lowest BCUT2D eigenvalue weighted by Gasteiger charge is -2.17. The van der Waals surface area contributed by atoms with Crippen LogP contribution in [0.5, 0.6) is 0 Å². The summed E-state index contributed by atoms with van der Waals surface area (Å²) in [6.45, 7) is 4.69. The van der Waals surface area contributed by atoms with Crippen LogP contribution < -0.4 is 5.32 Å². The Hall–Kier alpha value is -1.94. The van der Waals surface area contributed by atoms with Crippen LogP contribution in [0.1, 0.15) is 24.5 Å². The molecule has 0 atom stereocenters. The van der Waals surface area contributed by atoms with E-state index in [0.29, 0.717) is 0 Å².